The molecule has 0 unspecified atom stereocenters. The third-order valence-electron chi connectivity index (χ3n) is 3.33. The van der Waals surface area contributed by atoms with Gasteiger partial charge in [-0.1, -0.05) is 19.1 Å². The Kier molecular flexibility index (Phi) is 2.31. The molecule has 1 saturated carbocycles. The van der Waals surface area contributed by atoms with E-state index >= 15 is 0 Å². The van der Waals surface area contributed by atoms with Crippen LogP contribution in [0.1, 0.15) is 31.7 Å². The summed E-state index contributed by atoms with van der Waals surface area (Å²) in [4.78, 5) is 0. The second-order valence-electron chi connectivity index (χ2n) is 4.23. The molecule has 0 radical (unpaired) electrons. The topological polar surface area (TPSA) is 20.2 Å². The smallest absolute Gasteiger partial charge is 0.123 e. The monoisotopic (exact) mass is 194 g/mol. The Labute approximate surface area is 83.6 Å². The second-order valence-corrected chi connectivity index (χ2v) is 4.23. The summed E-state index contributed by atoms with van der Waals surface area (Å²) in [7, 11) is 0. The molecule has 1 aliphatic carbocycles. The number of aliphatic hydroxyl groups is 1. The Bertz CT molecular complexity index is 337. The van der Waals surface area contributed by atoms with E-state index < -0.39 is 5.60 Å². The van der Waals surface area contributed by atoms with Crippen molar-refractivity contribution in [3.8, 4) is 0 Å². The van der Waals surface area contributed by atoms with Gasteiger partial charge in [0, 0.05) is 0 Å². The Balaban J connectivity index is 2.38. The first-order valence-electron chi connectivity index (χ1n) is 5.11. The molecule has 1 aromatic carbocycles. The van der Waals surface area contributed by atoms with Crippen LogP contribution >= 0.6 is 0 Å². The van der Waals surface area contributed by atoms with Gasteiger partial charge in [-0.05, 0) is 42.9 Å². The largest absolute Gasteiger partial charge is 0.385 e. The van der Waals surface area contributed by atoms with Crippen LogP contribution in [0.2, 0.25) is 0 Å². The lowest BCUT2D eigenvalue weighted by molar-refractivity contribution is 0.00422. The van der Waals surface area contributed by atoms with Crippen LogP contribution < -0.4 is 0 Å². The summed E-state index contributed by atoms with van der Waals surface area (Å²) < 4.78 is 13.0. The van der Waals surface area contributed by atoms with Gasteiger partial charge in [-0.25, -0.2) is 4.39 Å². The standard InChI is InChI=1S/C12H15FO/c1-9-4-3-7-12(9,14)10-5-2-6-11(13)8-10/h2,5-6,8-9,14H,3-4,7H2,1H3/t9-,12-/m0/s1. The Hall–Kier alpha value is -0.890. The van der Waals surface area contributed by atoms with Gasteiger partial charge in [-0.2, -0.15) is 0 Å². The molecule has 2 atom stereocenters. The summed E-state index contributed by atoms with van der Waals surface area (Å²) in [6, 6.07) is 6.33. The van der Waals surface area contributed by atoms with Crippen molar-refractivity contribution in [1.82, 2.24) is 0 Å². The fourth-order valence-corrected chi connectivity index (χ4v) is 2.35. The van der Waals surface area contributed by atoms with Crippen molar-refractivity contribution in [2.75, 3.05) is 0 Å². The van der Waals surface area contributed by atoms with Crippen molar-refractivity contribution < 1.29 is 9.50 Å². The molecule has 0 amide bonds. The molecule has 0 spiro atoms. The fraction of sp³-hybridized carbons (Fsp3) is 0.500. The van der Waals surface area contributed by atoms with E-state index in [9.17, 15) is 9.50 Å². The van der Waals surface area contributed by atoms with Gasteiger partial charge < -0.3 is 5.11 Å². The zero-order chi connectivity index (χ0) is 10.2. The van der Waals surface area contributed by atoms with Gasteiger partial charge in [-0.15, -0.1) is 0 Å². The molecule has 1 nitrogen and oxygen atoms in total. The molecule has 1 aliphatic rings. The number of hydrogen-bond acceptors (Lipinski definition) is 1. The highest BCUT2D eigenvalue weighted by molar-refractivity contribution is 5.25. The van der Waals surface area contributed by atoms with Crippen LogP contribution in [0, 0.1) is 11.7 Å². The Morgan fingerprint density at radius 3 is 2.86 bits per heavy atom. The van der Waals surface area contributed by atoms with Gasteiger partial charge >= 0.3 is 0 Å². The van der Waals surface area contributed by atoms with Gasteiger partial charge in [-0.3, -0.25) is 0 Å². The minimum absolute atomic E-state index is 0.226. The molecule has 0 saturated heterocycles. The lowest BCUT2D eigenvalue weighted by Crippen LogP contribution is -2.28. The SMILES string of the molecule is C[C@H]1CCC[C@@]1(O)c1cccc(F)c1. The van der Waals surface area contributed by atoms with E-state index in [4.69, 9.17) is 0 Å². The van der Waals surface area contributed by atoms with Gasteiger partial charge in [0.2, 0.25) is 0 Å². The van der Waals surface area contributed by atoms with Crippen LogP contribution in [0.25, 0.3) is 0 Å². The number of hydrogen-bond donors (Lipinski definition) is 1. The molecule has 76 valence electrons. The third-order valence-corrected chi connectivity index (χ3v) is 3.33. The maximum Gasteiger partial charge on any atom is 0.123 e. The van der Waals surface area contributed by atoms with E-state index in [1.165, 1.54) is 12.1 Å². The van der Waals surface area contributed by atoms with Crippen molar-refractivity contribution in [2.45, 2.75) is 31.8 Å². The van der Waals surface area contributed by atoms with Gasteiger partial charge in [0.15, 0.2) is 0 Å². The predicted molar refractivity (Wildman–Crippen MR) is 53.3 cm³/mol. The quantitative estimate of drug-likeness (QED) is 0.728. The van der Waals surface area contributed by atoms with Gasteiger partial charge in [0.25, 0.3) is 0 Å². The van der Waals surface area contributed by atoms with E-state index in [1.807, 2.05) is 13.0 Å². The molecule has 1 aromatic rings. The number of benzene rings is 1. The van der Waals surface area contributed by atoms with Gasteiger partial charge in [0.05, 0.1) is 5.60 Å². The fourth-order valence-electron chi connectivity index (χ4n) is 2.35. The summed E-state index contributed by atoms with van der Waals surface area (Å²) in [5.74, 6) is -0.0423. The van der Waals surface area contributed by atoms with Crippen LogP contribution in [0.4, 0.5) is 4.39 Å². The Morgan fingerprint density at radius 2 is 2.29 bits per heavy atom. The zero-order valence-electron chi connectivity index (χ0n) is 8.33. The van der Waals surface area contributed by atoms with Crippen molar-refractivity contribution in [1.29, 1.82) is 0 Å². The molecule has 2 rings (SSSR count). The lowest BCUT2D eigenvalue weighted by atomic mass is 9.85. The van der Waals surface area contributed by atoms with Crippen LogP contribution in [-0.4, -0.2) is 5.11 Å². The molecule has 0 aromatic heterocycles. The van der Waals surface area contributed by atoms with Crippen LogP contribution in [0.5, 0.6) is 0 Å². The summed E-state index contributed by atoms with van der Waals surface area (Å²) >= 11 is 0. The molecule has 1 N–H and O–H groups in total. The number of rotatable bonds is 1. The minimum atomic E-state index is -0.803. The second kappa shape index (κ2) is 3.35. The van der Waals surface area contributed by atoms with Crippen molar-refractivity contribution in [3.05, 3.63) is 35.6 Å². The third kappa shape index (κ3) is 1.44. The minimum Gasteiger partial charge on any atom is -0.385 e. The lowest BCUT2D eigenvalue weighted by Gasteiger charge is -2.28. The highest BCUT2D eigenvalue weighted by atomic mass is 19.1. The van der Waals surface area contributed by atoms with Crippen molar-refractivity contribution in [3.63, 3.8) is 0 Å². The van der Waals surface area contributed by atoms with Crippen LogP contribution in [0.3, 0.4) is 0 Å². The summed E-state index contributed by atoms with van der Waals surface area (Å²) in [6.45, 7) is 2.03. The maximum atomic E-state index is 13.0. The number of halogens is 1. The first-order valence-corrected chi connectivity index (χ1v) is 5.11. The highest BCUT2D eigenvalue weighted by Crippen LogP contribution is 2.43. The van der Waals surface area contributed by atoms with Crippen LogP contribution in [0.15, 0.2) is 24.3 Å². The van der Waals surface area contributed by atoms with Crippen molar-refractivity contribution >= 4 is 0 Å². The summed E-state index contributed by atoms with van der Waals surface area (Å²) in [5.41, 5.74) is -0.0789. The maximum absolute atomic E-state index is 13.0. The van der Waals surface area contributed by atoms with E-state index in [0.717, 1.165) is 24.8 Å². The van der Waals surface area contributed by atoms with E-state index in [1.54, 1.807) is 6.07 Å². The molecule has 2 heteroatoms. The molecule has 0 bridgehead atoms. The molecule has 0 heterocycles. The van der Waals surface area contributed by atoms with E-state index in [-0.39, 0.29) is 11.7 Å². The normalized spacial score (nSPS) is 32.1. The summed E-state index contributed by atoms with van der Waals surface area (Å²) in [6.07, 6.45) is 2.79. The zero-order valence-corrected chi connectivity index (χ0v) is 8.33. The van der Waals surface area contributed by atoms with E-state index in [0.29, 0.717) is 0 Å². The molecular weight excluding hydrogens is 179 g/mol. The van der Waals surface area contributed by atoms with E-state index in [2.05, 4.69) is 0 Å². The average Bonchev–Trinajstić information content (AvgIpc) is 2.49. The van der Waals surface area contributed by atoms with Crippen LogP contribution in [-0.2, 0) is 5.60 Å². The molecule has 0 aliphatic heterocycles. The van der Waals surface area contributed by atoms with Crippen molar-refractivity contribution in [2.24, 2.45) is 5.92 Å². The summed E-state index contributed by atoms with van der Waals surface area (Å²) in [5, 5.41) is 10.4. The first-order chi connectivity index (χ1) is 6.63. The first kappa shape index (κ1) is 9.66. The average molecular weight is 194 g/mol. The highest BCUT2D eigenvalue weighted by Gasteiger charge is 2.39. The molecule has 1 fully saturated rings. The molecular formula is C12H15FO. The molecule has 14 heavy (non-hydrogen) atoms. The Morgan fingerprint density at radius 1 is 1.50 bits per heavy atom. The van der Waals surface area contributed by atoms with Gasteiger partial charge in [0.1, 0.15) is 5.82 Å². The predicted octanol–water partition coefficient (Wildman–Crippen LogP) is 2.83.